The fraction of sp³-hybridized carbons (Fsp3) is 0.600. The molecule has 2 N–H and O–H groups in total. The normalized spacial score (nSPS) is 24.2. The first-order valence-electron chi connectivity index (χ1n) is 9.63. The number of nitrogens with zero attached hydrogens (tertiary/aromatic N) is 1. The van der Waals surface area contributed by atoms with Crippen molar-refractivity contribution in [3.63, 3.8) is 0 Å². The number of benzene rings is 1. The zero-order valence-corrected chi connectivity index (χ0v) is 15.3. The molecule has 0 atom stereocenters. The number of piperidine rings is 1. The molecule has 0 spiro atoms. The zero-order valence-electron chi connectivity index (χ0n) is 15.3. The van der Waals surface area contributed by atoms with Crippen molar-refractivity contribution in [1.29, 1.82) is 0 Å². The number of carbonyl (C=O) groups excluding carboxylic acids is 2. The summed E-state index contributed by atoms with van der Waals surface area (Å²) in [6.07, 6.45) is 5.81. The third-order valence-corrected chi connectivity index (χ3v) is 5.57. The molecular formula is C20H28FN3O2. The van der Waals surface area contributed by atoms with E-state index < -0.39 is 5.82 Å². The van der Waals surface area contributed by atoms with Crippen molar-refractivity contribution in [2.75, 3.05) is 13.1 Å². The third-order valence-electron chi connectivity index (χ3n) is 5.57. The summed E-state index contributed by atoms with van der Waals surface area (Å²) in [5, 5.41) is 6.10. The maximum atomic E-state index is 13.8. The molecule has 0 radical (unpaired) electrons. The van der Waals surface area contributed by atoms with E-state index in [1.807, 2.05) is 0 Å². The van der Waals surface area contributed by atoms with E-state index in [9.17, 15) is 14.0 Å². The Labute approximate surface area is 154 Å². The number of likely N-dealkylation sites (tertiary alicyclic amines) is 1. The standard InChI is InChI=1S/C20H28FN3O2/c1-14-6-8-15(9-7-14)22-20(26)23-16-10-12-24(13-11-16)19(25)17-4-2-3-5-18(17)21/h2-5,14-16H,6-13H2,1H3,(H2,22,23,26). The number of nitrogens with one attached hydrogen (secondary N) is 2. The van der Waals surface area contributed by atoms with Gasteiger partial charge in [0.25, 0.3) is 5.91 Å². The highest BCUT2D eigenvalue weighted by atomic mass is 19.1. The largest absolute Gasteiger partial charge is 0.338 e. The van der Waals surface area contributed by atoms with Crippen molar-refractivity contribution < 1.29 is 14.0 Å². The van der Waals surface area contributed by atoms with Crippen LogP contribution in [0.5, 0.6) is 0 Å². The van der Waals surface area contributed by atoms with Crippen LogP contribution in [0.1, 0.15) is 55.8 Å². The van der Waals surface area contributed by atoms with Gasteiger partial charge in [-0.2, -0.15) is 0 Å². The lowest BCUT2D eigenvalue weighted by Crippen LogP contribution is -2.51. The number of urea groups is 1. The van der Waals surface area contributed by atoms with Gasteiger partial charge in [0.1, 0.15) is 5.82 Å². The van der Waals surface area contributed by atoms with Gasteiger partial charge in [-0.1, -0.05) is 19.1 Å². The first kappa shape index (κ1) is 18.7. The van der Waals surface area contributed by atoms with Crippen molar-refractivity contribution in [3.05, 3.63) is 35.6 Å². The molecule has 0 aromatic heterocycles. The van der Waals surface area contributed by atoms with Gasteiger partial charge in [-0.3, -0.25) is 4.79 Å². The van der Waals surface area contributed by atoms with Crippen molar-refractivity contribution in [2.45, 2.75) is 57.5 Å². The number of rotatable bonds is 3. The molecule has 2 aliphatic rings. The molecule has 5 nitrogen and oxygen atoms in total. The molecule has 0 bridgehead atoms. The van der Waals surface area contributed by atoms with Crippen LogP contribution in [0.3, 0.4) is 0 Å². The van der Waals surface area contributed by atoms with E-state index in [-0.39, 0.29) is 29.6 Å². The van der Waals surface area contributed by atoms with Crippen LogP contribution in [-0.2, 0) is 0 Å². The molecule has 26 heavy (non-hydrogen) atoms. The van der Waals surface area contributed by atoms with Gasteiger partial charge in [0, 0.05) is 25.2 Å². The SMILES string of the molecule is CC1CCC(NC(=O)NC2CCN(C(=O)c3ccccc3F)CC2)CC1. The van der Waals surface area contributed by atoms with Crippen molar-refractivity contribution in [3.8, 4) is 0 Å². The van der Waals surface area contributed by atoms with Crippen LogP contribution in [-0.4, -0.2) is 42.0 Å². The molecule has 1 aliphatic heterocycles. The molecule has 1 aromatic rings. The Hall–Kier alpha value is -2.11. The third kappa shape index (κ3) is 4.74. The van der Waals surface area contributed by atoms with Crippen molar-refractivity contribution >= 4 is 11.9 Å². The van der Waals surface area contributed by atoms with Gasteiger partial charge in [0.2, 0.25) is 0 Å². The Morgan fingerprint density at radius 2 is 1.54 bits per heavy atom. The average Bonchev–Trinajstić information content (AvgIpc) is 2.64. The van der Waals surface area contributed by atoms with E-state index >= 15 is 0 Å². The number of halogens is 1. The Morgan fingerprint density at radius 1 is 0.962 bits per heavy atom. The summed E-state index contributed by atoms with van der Waals surface area (Å²) < 4.78 is 13.8. The van der Waals surface area contributed by atoms with Crippen LogP contribution < -0.4 is 10.6 Å². The zero-order chi connectivity index (χ0) is 18.5. The van der Waals surface area contributed by atoms with Crippen LogP contribution in [0.25, 0.3) is 0 Å². The Balaban J connectivity index is 1.43. The number of hydrogen-bond donors (Lipinski definition) is 2. The minimum absolute atomic E-state index is 0.0576. The molecule has 3 rings (SSSR count). The number of hydrogen-bond acceptors (Lipinski definition) is 2. The highest BCUT2D eigenvalue weighted by molar-refractivity contribution is 5.94. The first-order chi connectivity index (χ1) is 12.5. The molecule has 1 saturated carbocycles. The quantitative estimate of drug-likeness (QED) is 0.868. The summed E-state index contributed by atoms with van der Waals surface area (Å²) >= 11 is 0. The summed E-state index contributed by atoms with van der Waals surface area (Å²) in [5.74, 6) is -0.00585. The minimum atomic E-state index is -0.487. The second-order valence-electron chi connectivity index (χ2n) is 7.62. The molecule has 1 aliphatic carbocycles. The van der Waals surface area contributed by atoms with Crippen molar-refractivity contribution in [2.24, 2.45) is 5.92 Å². The fourth-order valence-corrected chi connectivity index (χ4v) is 3.85. The smallest absolute Gasteiger partial charge is 0.315 e. The van der Waals surface area contributed by atoms with Crippen LogP contribution >= 0.6 is 0 Å². The second-order valence-corrected chi connectivity index (χ2v) is 7.62. The summed E-state index contributed by atoms with van der Waals surface area (Å²) in [7, 11) is 0. The molecule has 1 heterocycles. The maximum absolute atomic E-state index is 13.8. The molecule has 3 amide bonds. The maximum Gasteiger partial charge on any atom is 0.315 e. The van der Waals surface area contributed by atoms with E-state index in [2.05, 4.69) is 17.6 Å². The molecule has 1 saturated heterocycles. The Kier molecular flexibility index (Phi) is 6.12. The van der Waals surface area contributed by atoms with Gasteiger partial charge in [-0.15, -0.1) is 0 Å². The summed E-state index contributed by atoms with van der Waals surface area (Å²) in [6, 6.07) is 6.28. The first-order valence-corrected chi connectivity index (χ1v) is 9.63. The fourth-order valence-electron chi connectivity index (χ4n) is 3.85. The van der Waals surface area contributed by atoms with Gasteiger partial charge in [0.05, 0.1) is 5.56 Å². The highest BCUT2D eigenvalue weighted by Gasteiger charge is 2.27. The molecule has 142 valence electrons. The second kappa shape index (κ2) is 8.52. The predicted octanol–water partition coefficient (Wildman–Crippen LogP) is 3.31. The summed E-state index contributed by atoms with van der Waals surface area (Å²) in [4.78, 5) is 26.3. The summed E-state index contributed by atoms with van der Waals surface area (Å²) in [6.45, 7) is 3.31. The molecule has 0 unspecified atom stereocenters. The van der Waals surface area contributed by atoms with Gasteiger partial charge >= 0.3 is 6.03 Å². The van der Waals surface area contributed by atoms with Gasteiger partial charge < -0.3 is 15.5 Å². The van der Waals surface area contributed by atoms with Crippen LogP contribution in [0, 0.1) is 11.7 Å². The van der Waals surface area contributed by atoms with Crippen molar-refractivity contribution in [1.82, 2.24) is 15.5 Å². The topological polar surface area (TPSA) is 61.4 Å². The predicted molar refractivity (Wildman–Crippen MR) is 98.4 cm³/mol. The van der Waals surface area contributed by atoms with Crippen LogP contribution in [0.2, 0.25) is 0 Å². The van der Waals surface area contributed by atoms with Gasteiger partial charge in [0.15, 0.2) is 0 Å². The van der Waals surface area contributed by atoms with E-state index in [1.54, 1.807) is 17.0 Å². The van der Waals surface area contributed by atoms with E-state index in [0.29, 0.717) is 25.9 Å². The van der Waals surface area contributed by atoms with E-state index in [0.717, 1.165) is 18.8 Å². The molecule has 1 aromatic carbocycles. The Bertz CT molecular complexity index is 636. The lowest BCUT2D eigenvalue weighted by atomic mass is 9.87. The monoisotopic (exact) mass is 361 g/mol. The van der Waals surface area contributed by atoms with E-state index in [4.69, 9.17) is 0 Å². The molecule has 6 heteroatoms. The molecular weight excluding hydrogens is 333 g/mol. The van der Waals surface area contributed by atoms with E-state index in [1.165, 1.54) is 25.0 Å². The van der Waals surface area contributed by atoms with Gasteiger partial charge in [-0.05, 0) is 56.6 Å². The highest BCUT2D eigenvalue weighted by Crippen LogP contribution is 2.23. The lowest BCUT2D eigenvalue weighted by Gasteiger charge is -2.33. The molecule has 2 fully saturated rings. The minimum Gasteiger partial charge on any atom is -0.338 e. The van der Waals surface area contributed by atoms with Crippen LogP contribution in [0.4, 0.5) is 9.18 Å². The van der Waals surface area contributed by atoms with Gasteiger partial charge in [-0.25, -0.2) is 9.18 Å². The van der Waals surface area contributed by atoms with Crippen LogP contribution in [0.15, 0.2) is 24.3 Å². The lowest BCUT2D eigenvalue weighted by molar-refractivity contribution is 0.0703. The number of carbonyl (C=O) groups is 2. The summed E-state index contributed by atoms with van der Waals surface area (Å²) in [5.41, 5.74) is 0.114. The average molecular weight is 361 g/mol. The number of amides is 3. The Morgan fingerprint density at radius 3 is 2.15 bits per heavy atom.